The number of cyclic esters (lactones) is 1. The molecular formula is C15H21FN4O2. The molecule has 0 N–H and O–H groups in total. The zero-order chi connectivity index (χ0) is 15.5. The van der Waals surface area contributed by atoms with Gasteiger partial charge >= 0.3 is 5.97 Å². The van der Waals surface area contributed by atoms with Crippen LogP contribution in [0.15, 0.2) is 18.5 Å². The van der Waals surface area contributed by atoms with E-state index in [1.165, 1.54) is 0 Å². The Morgan fingerprint density at radius 1 is 1.45 bits per heavy atom. The van der Waals surface area contributed by atoms with Crippen molar-refractivity contribution >= 4 is 5.97 Å². The third-order valence-corrected chi connectivity index (χ3v) is 4.38. The molecule has 2 aliphatic rings. The maximum Gasteiger partial charge on any atom is 0.323 e. The summed E-state index contributed by atoms with van der Waals surface area (Å²) in [7, 11) is 1.90. The highest BCUT2D eigenvalue weighted by atomic mass is 19.1. The fourth-order valence-corrected chi connectivity index (χ4v) is 3.24. The Bertz CT molecular complexity index is 516. The van der Waals surface area contributed by atoms with E-state index in [0.29, 0.717) is 44.9 Å². The summed E-state index contributed by atoms with van der Waals surface area (Å²) in [4.78, 5) is 24.1. The van der Waals surface area contributed by atoms with Gasteiger partial charge in [-0.1, -0.05) is 0 Å². The lowest BCUT2D eigenvalue weighted by atomic mass is 10.1. The smallest absolute Gasteiger partial charge is 0.323 e. The van der Waals surface area contributed by atoms with Crippen LogP contribution in [0, 0.1) is 0 Å². The van der Waals surface area contributed by atoms with Crippen molar-refractivity contribution in [1.82, 2.24) is 19.8 Å². The minimum atomic E-state index is -0.836. The van der Waals surface area contributed by atoms with Gasteiger partial charge in [-0.25, -0.2) is 14.4 Å². The highest BCUT2D eigenvalue weighted by molar-refractivity contribution is 5.77. The van der Waals surface area contributed by atoms with Crippen LogP contribution < -0.4 is 0 Å². The summed E-state index contributed by atoms with van der Waals surface area (Å²) in [5, 5.41) is 0. The predicted octanol–water partition coefficient (Wildman–Crippen LogP) is 0.636. The first-order chi connectivity index (χ1) is 10.6. The van der Waals surface area contributed by atoms with Crippen molar-refractivity contribution in [3.63, 3.8) is 0 Å². The van der Waals surface area contributed by atoms with E-state index in [9.17, 15) is 9.18 Å². The molecule has 1 aromatic heterocycles. The molecule has 0 aliphatic carbocycles. The van der Waals surface area contributed by atoms with Crippen LogP contribution in [0.25, 0.3) is 0 Å². The largest absolute Gasteiger partial charge is 0.464 e. The van der Waals surface area contributed by atoms with Gasteiger partial charge in [0, 0.05) is 37.9 Å². The van der Waals surface area contributed by atoms with Crippen molar-refractivity contribution in [3.05, 3.63) is 24.3 Å². The summed E-state index contributed by atoms with van der Waals surface area (Å²) < 4.78 is 18.8. The lowest BCUT2D eigenvalue weighted by molar-refractivity contribution is -0.142. The normalized spacial score (nSPS) is 29.2. The number of nitrogens with zero attached hydrogens (tertiary/aromatic N) is 4. The third kappa shape index (κ3) is 3.41. The van der Waals surface area contributed by atoms with Crippen molar-refractivity contribution in [2.45, 2.75) is 37.6 Å². The second-order valence-electron chi connectivity index (χ2n) is 5.99. The van der Waals surface area contributed by atoms with E-state index in [2.05, 4.69) is 14.9 Å². The predicted molar refractivity (Wildman–Crippen MR) is 77.7 cm³/mol. The number of ether oxygens (including phenoxy) is 1. The summed E-state index contributed by atoms with van der Waals surface area (Å²) in [5.41, 5.74) is 0. The first-order valence-corrected chi connectivity index (χ1v) is 7.64. The molecule has 0 aromatic carbocycles. The zero-order valence-corrected chi connectivity index (χ0v) is 12.7. The Kier molecular flexibility index (Phi) is 4.63. The van der Waals surface area contributed by atoms with Crippen LogP contribution in [0.3, 0.4) is 0 Å². The van der Waals surface area contributed by atoms with E-state index in [-0.39, 0.29) is 18.1 Å². The summed E-state index contributed by atoms with van der Waals surface area (Å²) >= 11 is 0. The van der Waals surface area contributed by atoms with Crippen LogP contribution >= 0.6 is 0 Å². The van der Waals surface area contributed by atoms with E-state index >= 15 is 0 Å². The lowest BCUT2D eigenvalue weighted by Gasteiger charge is -2.29. The maximum absolute atomic E-state index is 13.8. The second-order valence-corrected chi connectivity index (χ2v) is 5.99. The maximum atomic E-state index is 13.8. The van der Waals surface area contributed by atoms with Gasteiger partial charge < -0.3 is 4.74 Å². The van der Waals surface area contributed by atoms with Crippen LogP contribution in [-0.2, 0) is 16.1 Å². The number of hydrogen-bond donors (Lipinski definition) is 0. The Balaban J connectivity index is 1.62. The number of alkyl halides is 1. The van der Waals surface area contributed by atoms with Crippen LogP contribution in [0.1, 0.15) is 18.7 Å². The number of halogens is 1. The highest BCUT2D eigenvalue weighted by Crippen LogP contribution is 2.24. The molecule has 3 atom stereocenters. The minimum Gasteiger partial charge on any atom is -0.464 e. The van der Waals surface area contributed by atoms with Gasteiger partial charge in [0.15, 0.2) is 0 Å². The van der Waals surface area contributed by atoms with Gasteiger partial charge in [0.25, 0.3) is 0 Å². The molecular weight excluding hydrogens is 287 g/mol. The van der Waals surface area contributed by atoms with Gasteiger partial charge in [0.05, 0.1) is 13.2 Å². The van der Waals surface area contributed by atoms with Crippen molar-refractivity contribution in [2.24, 2.45) is 0 Å². The van der Waals surface area contributed by atoms with E-state index in [4.69, 9.17) is 4.74 Å². The van der Waals surface area contributed by atoms with Crippen LogP contribution in [0.2, 0.25) is 0 Å². The van der Waals surface area contributed by atoms with Crippen LogP contribution in [-0.4, -0.2) is 70.7 Å². The molecule has 2 fully saturated rings. The molecule has 1 unspecified atom stereocenters. The summed E-state index contributed by atoms with van der Waals surface area (Å²) in [5.74, 6) is 0.528. The monoisotopic (exact) mass is 308 g/mol. The number of rotatable bonds is 5. The van der Waals surface area contributed by atoms with E-state index < -0.39 is 6.17 Å². The van der Waals surface area contributed by atoms with Crippen LogP contribution in [0.4, 0.5) is 4.39 Å². The molecule has 0 radical (unpaired) electrons. The average Bonchev–Trinajstić information content (AvgIpc) is 3.06. The van der Waals surface area contributed by atoms with E-state index in [1.807, 2.05) is 11.9 Å². The first kappa shape index (κ1) is 15.3. The number of aromatic nitrogens is 2. The average molecular weight is 308 g/mol. The Hall–Kier alpha value is -1.60. The quantitative estimate of drug-likeness (QED) is 0.744. The molecule has 7 heteroatoms. The summed E-state index contributed by atoms with van der Waals surface area (Å²) in [6.45, 7) is 2.06. The van der Waals surface area contributed by atoms with E-state index in [0.717, 1.165) is 0 Å². The van der Waals surface area contributed by atoms with Gasteiger partial charge in [0.2, 0.25) is 0 Å². The number of esters is 1. The highest BCUT2D eigenvalue weighted by Gasteiger charge is 2.37. The van der Waals surface area contributed by atoms with Crippen molar-refractivity contribution in [2.75, 3.05) is 26.7 Å². The van der Waals surface area contributed by atoms with Gasteiger partial charge in [0.1, 0.15) is 18.0 Å². The molecule has 1 aromatic rings. The molecule has 0 amide bonds. The molecule has 22 heavy (non-hydrogen) atoms. The van der Waals surface area contributed by atoms with Crippen molar-refractivity contribution in [3.8, 4) is 0 Å². The van der Waals surface area contributed by atoms with Gasteiger partial charge in [-0.2, -0.15) is 0 Å². The molecule has 2 aliphatic heterocycles. The number of likely N-dealkylation sites (N-methyl/N-ethyl adjacent to an activating group) is 1. The van der Waals surface area contributed by atoms with Gasteiger partial charge in [-0.3, -0.25) is 14.6 Å². The minimum absolute atomic E-state index is 0.0669. The molecule has 3 heterocycles. The molecule has 2 saturated heterocycles. The summed E-state index contributed by atoms with van der Waals surface area (Å²) in [6, 6.07) is 1.63. The molecule has 0 saturated carbocycles. The van der Waals surface area contributed by atoms with Crippen molar-refractivity contribution in [1.29, 1.82) is 0 Å². The van der Waals surface area contributed by atoms with E-state index in [1.54, 1.807) is 18.5 Å². The molecule has 120 valence electrons. The molecule has 6 nitrogen and oxygen atoms in total. The standard InChI is InChI=1S/C15H21FN4O2/c1-19(13-3-6-22-15(13)21)9-12-7-11(16)8-20(12)10-14-17-4-2-5-18-14/h2,4-5,11-13H,3,6-10H2,1H3/t11-,12-,13?/m0/s1. The Labute approximate surface area is 129 Å². The molecule has 0 spiro atoms. The third-order valence-electron chi connectivity index (χ3n) is 4.38. The van der Waals surface area contributed by atoms with Gasteiger partial charge in [-0.05, 0) is 19.5 Å². The lowest BCUT2D eigenvalue weighted by Crippen LogP contribution is -2.44. The van der Waals surface area contributed by atoms with Crippen molar-refractivity contribution < 1.29 is 13.9 Å². The Morgan fingerprint density at radius 3 is 2.91 bits per heavy atom. The molecule has 3 rings (SSSR count). The fourth-order valence-electron chi connectivity index (χ4n) is 3.24. The Morgan fingerprint density at radius 2 is 2.23 bits per heavy atom. The molecule has 0 bridgehead atoms. The van der Waals surface area contributed by atoms with Gasteiger partial charge in [-0.15, -0.1) is 0 Å². The second kappa shape index (κ2) is 6.66. The number of likely N-dealkylation sites (tertiary alicyclic amines) is 1. The fraction of sp³-hybridized carbons (Fsp3) is 0.667. The SMILES string of the molecule is CN(C[C@@H]1C[C@H](F)CN1Cc1ncccn1)C1CCOC1=O. The van der Waals surface area contributed by atoms with Crippen LogP contribution in [0.5, 0.6) is 0 Å². The number of carbonyl (C=O) groups excluding carboxylic acids is 1. The topological polar surface area (TPSA) is 58.6 Å². The zero-order valence-electron chi connectivity index (χ0n) is 12.7. The summed E-state index contributed by atoms with van der Waals surface area (Å²) in [6.07, 6.45) is 3.75. The number of hydrogen-bond acceptors (Lipinski definition) is 6. The first-order valence-electron chi connectivity index (χ1n) is 7.64. The number of carbonyl (C=O) groups is 1.